The Hall–Kier alpha value is -4.64. The average molecular weight is 802 g/mol. The number of carbonyl (C=O) groups excluding carboxylic acids is 4. The molecule has 2 heterocycles. The Kier molecular flexibility index (Phi) is 8.47. The van der Waals surface area contributed by atoms with E-state index in [1.54, 1.807) is 74.7 Å². The van der Waals surface area contributed by atoms with Crippen molar-refractivity contribution >= 4 is 74.1 Å². The minimum atomic E-state index is -1.50. The maximum atomic E-state index is 15.4. The second kappa shape index (κ2) is 12.8. The number of halogens is 3. The Morgan fingerprint density at radius 1 is 0.885 bits per heavy atom. The van der Waals surface area contributed by atoms with Gasteiger partial charge in [0.05, 0.1) is 46.7 Å². The fraction of sp³-hybridized carbons (Fsp3) is 0.250. The lowest BCUT2D eigenvalue weighted by Crippen LogP contribution is -2.53. The van der Waals surface area contributed by atoms with Crippen LogP contribution in [0, 0.1) is 30.6 Å². The highest BCUT2D eigenvalue weighted by atomic mass is 79.9. The minimum Gasteiger partial charge on any atom is -0.508 e. The van der Waals surface area contributed by atoms with E-state index in [9.17, 15) is 19.5 Å². The Balaban J connectivity index is 1.33. The number of ether oxygens (including phenoxy) is 1. The summed E-state index contributed by atoms with van der Waals surface area (Å²) in [6.07, 6.45) is 2.42. The van der Waals surface area contributed by atoms with Crippen LogP contribution >= 0.6 is 39.1 Å². The number of phenols is 1. The fourth-order valence-electron chi connectivity index (χ4n) is 8.92. The molecular weight excluding hydrogens is 769 g/mol. The molecule has 6 atom stereocenters. The molecule has 0 aromatic heterocycles. The van der Waals surface area contributed by atoms with Gasteiger partial charge in [-0.05, 0) is 103 Å². The molecule has 8 rings (SSSR count). The number of phenolic OH excluding ortho intramolecular Hbond substituents is 1. The molecule has 4 aliphatic rings. The van der Waals surface area contributed by atoms with Gasteiger partial charge in [0.2, 0.25) is 11.8 Å². The molecule has 2 N–H and O–H groups in total. The summed E-state index contributed by atoms with van der Waals surface area (Å²) in [5.41, 5.74) is 4.98. The predicted octanol–water partition coefficient (Wildman–Crippen LogP) is 7.97. The SMILES string of the molecule is COc1ccc([C@@]23C(=O)N(Nc4ccc(Cl)cc4Cl)C(=O)[C@@H]2C[C@@H]2C(=CC[C@@H]4C(=O)N(c5ccc(Br)cc5)C(=O)[C@@H]42)[C@@H]3c2ccc(O)c(C)c2)cc1. The topological polar surface area (TPSA) is 116 Å². The second-order valence-corrected chi connectivity index (χ2v) is 15.5. The normalized spacial score (nSPS) is 26.6. The lowest BCUT2D eigenvalue weighted by molar-refractivity contribution is -0.138. The van der Waals surface area contributed by atoms with E-state index < -0.39 is 46.8 Å². The summed E-state index contributed by atoms with van der Waals surface area (Å²) < 4.78 is 6.28. The molecule has 4 aromatic carbocycles. The molecule has 0 radical (unpaired) electrons. The van der Waals surface area contributed by atoms with Crippen LogP contribution in [0.2, 0.25) is 10.0 Å². The number of amides is 4. The highest BCUT2D eigenvalue weighted by molar-refractivity contribution is 9.10. The maximum absolute atomic E-state index is 15.4. The summed E-state index contributed by atoms with van der Waals surface area (Å²) in [5, 5.41) is 12.3. The van der Waals surface area contributed by atoms with Crippen LogP contribution in [0.3, 0.4) is 0 Å². The van der Waals surface area contributed by atoms with Crippen LogP contribution in [0.1, 0.15) is 35.4 Å². The number of rotatable bonds is 6. The Bertz CT molecular complexity index is 2210. The molecule has 12 heteroatoms. The van der Waals surface area contributed by atoms with Crippen LogP contribution in [0.5, 0.6) is 11.5 Å². The largest absolute Gasteiger partial charge is 0.508 e. The van der Waals surface area contributed by atoms with Crippen molar-refractivity contribution < 1.29 is 29.0 Å². The van der Waals surface area contributed by atoms with Crippen molar-refractivity contribution in [3.05, 3.63) is 128 Å². The van der Waals surface area contributed by atoms with Crippen molar-refractivity contribution in [2.45, 2.75) is 31.1 Å². The minimum absolute atomic E-state index is 0.0834. The Labute approximate surface area is 318 Å². The predicted molar refractivity (Wildman–Crippen MR) is 200 cm³/mol. The van der Waals surface area contributed by atoms with Gasteiger partial charge in [-0.25, -0.2) is 0 Å². The number of allylic oxidation sites excluding steroid dienone is 2. The van der Waals surface area contributed by atoms with Crippen molar-refractivity contribution in [1.82, 2.24) is 5.01 Å². The van der Waals surface area contributed by atoms with Gasteiger partial charge in [0.15, 0.2) is 0 Å². The van der Waals surface area contributed by atoms with Crippen LogP contribution < -0.4 is 15.1 Å². The lowest BCUT2D eigenvalue weighted by atomic mass is 9.49. The number of fused-ring (bicyclic) bond motifs is 4. The summed E-state index contributed by atoms with van der Waals surface area (Å²) in [6, 6.07) is 24.1. The number of nitrogens with one attached hydrogen (secondary N) is 1. The zero-order chi connectivity index (χ0) is 36.6. The number of aryl methyl sites for hydroxylation is 1. The molecule has 4 aromatic rings. The molecule has 0 spiro atoms. The van der Waals surface area contributed by atoms with E-state index in [4.69, 9.17) is 27.9 Å². The van der Waals surface area contributed by atoms with Crippen molar-refractivity contribution in [3.8, 4) is 11.5 Å². The first-order chi connectivity index (χ1) is 24.9. The van der Waals surface area contributed by atoms with Gasteiger partial charge in [-0.2, -0.15) is 5.01 Å². The third-order valence-electron chi connectivity index (χ3n) is 11.2. The van der Waals surface area contributed by atoms with E-state index in [1.807, 2.05) is 24.3 Å². The van der Waals surface area contributed by atoms with Crippen molar-refractivity contribution in [2.75, 3.05) is 17.4 Å². The summed E-state index contributed by atoms with van der Waals surface area (Å²) in [4.78, 5) is 60.0. The van der Waals surface area contributed by atoms with Gasteiger partial charge in [-0.3, -0.25) is 29.5 Å². The van der Waals surface area contributed by atoms with E-state index in [-0.39, 0.29) is 35.4 Å². The average Bonchev–Trinajstić information content (AvgIpc) is 3.51. The molecule has 4 amide bonds. The van der Waals surface area contributed by atoms with Gasteiger partial charge < -0.3 is 9.84 Å². The Morgan fingerprint density at radius 2 is 1.62 bits per heavy atom. The van der Waals surface area contributed by atoms with Crippen molar-refractivity contribution in [1.29, 1.82) is 0 Å². The van der Waals surface area contributed by atoms with Crippen LogP contribution in [-0.4, -0.2) is 40.9 Å². The van der Waals surface area contributed by atoms with Gasteiger partial charge in [-0.15, -0.1) is 0 Å². The fourth-order valence-corrected chi connectivity index (χ4v) is 9.64. The summed E-state index contributed by atoms with van der Waals surface area (Å²) in [6.45, 7) is 1.77. The van der Waals surface area contributed by atoms with Gasteiger partial charge >= 0.3 is 0 Å². The van der Waals surface area contributed by atoms with E-state index in [2.05, 4.69) is 21.4 Å². The molecular formula is C40H32BrCl2N3O6. The van der Waals surface area contributed by atoms with Gasteiger partial charge in [-0.1, -0.05) is 75.0 Å². The lowest BCUT2D eigenvalue weighted by Gasteiger charge is -2.50. The molecule has 0 unspecified atom stereocenters. The summed E-state index contributed by atoms with van der Waals surface area (Å²) in [5.74, 6) is -4.58. The van der Waals surface area contributed by atoms with Crippen LogP contribution in [0.4, 0.5) is 11.4 Å². The van der Waals surface area contributed by atoms with E-state index in [0.29, 0.717) is 38.8 Å². The zero-order valence-corrected chi connectivity index (χ0v) is 31.1. The highest BCUT2D eigenvalue weighted by Crippen LogP contribution is 2.64. The first-order valence-electron chi connectivity index (χ1n) is 16.8. The molecule has 1 saturated carbocycles. The molecule has 3 fully saturated rings. The number of hydrazine groups is 1. The number of methoxy groups -OCH3 is 1. The summed E-state index contributed by atoms with van der Waals surface area (Å²) >= 11 is 16.1. The number of aromatic hydroxyl groups is 1. The molecule has 264 valence electrons. The molecule has 2 saturated heterocycles. The number of hydrogen-bond donors (Lipinski definition) is 2. The molecule has 52 heavy (non-hydrogen) atoms. The molecule has 2 aliphatic carbocycles. The monoisotopic (exact) mass is 799 g/mol. The van der Waals surface area contributed by atoms with E-state index in [1.165, 1.54) is 11.0 Å². The van der Waals surface area contributed by atoms with E-state index in [0.717, 1.165) is 15.1 Å². The van der Waals surface area contributed by atoms with Crippen molar-refractivity contribution in [3.63, 3.8) is 0 Å². The number of hydrogen-bond acceptors (Lipinski definition) is 7. The first kappa shape index (κ1) is 34.4. The Morgan fingerprint density at radius 3 is 2.29 bits per heavy atom. The number of benzene rings is 4. The number of nitrogens with zero attached hydrogens (tertiary/aromatic N) is 2. The van der Waals surface area contributed by atoms with Crippen LogP contribution in [-0.2, 0) is 24.6 Å². The second-order valence-electron chi connectivity index (χ2n) is 13.7. The zero-order valence-electron chi connectivity index (χ0n) is 28.0. The van der Waals surface area contributed by atoms with Crippen molar-refractivity contribution in [2.24, 2.45) is 23.7 Å². The third kappa shape index (κ3) is 5.09. The van der Waals surface area contributed by atoms with Crippen LogP contribution in [0.15, 0.2) is 101 Å². The third-order valence-corrected chi connectivity index (χ3v) is 12.3. The molecule has 0 bridgehead atoms. The smallest absolute Gasteiger partial charge is 0.260 e. The summed E-state index contributed by atoms with van der Waals surface area (Å²) in [7, 11) is 1.55. The van der Waals surface area contributed by atoms with Gasteiger partial charge in [0.1, 0.15) is 11.5 Å². The number of imide groups is 2. The molecule has 2 aliphatic heterocycles. The highest BCUT2D eigenvalue weighted by Gasteiger charge is 2.70. The number of carbonyl (C=O) groups is 4. The first-order valence-corrected chi connectivity index (χ1v) is 18.4. The molecule has 9 nitrogen and oxygen atoms in total. The van der Waals surface area contributed by atoms with E-state index >= 15 is 4.79 Å². The maximum Gasteiger partial charge on any atom is 0.260 e. The van der Waals surface area contributed by atoms with Crippen LogP contribution in [0.25, 0.3) is 0 Å². The van der Waals surface area contributed by atoms with Gasteiger partial charge in [0.25, 0.3) is 11.8 Å². The quantitative estimate of drug-likeness (QED) is 0.150. The standard InChI is InChI=1S/C40H32BrCl2N3O6/c1-20-17-21(3-16-33(20)47)35-27-13-14-28-34(38(50)45(36(28)48)25-9-6-23(41)7-10-25)29(27)19-30-37(49)46(44-32-15-8-24(42)18-31(32)43)39(51)40(30,35)22-4-11-26(52-2)12-5-22/h3-13,15-18,28-30,34-35,44,47H,14,19H2,1-2H3/t28-,29+,30-,34-,35-,40+/m0/s1. The van der Waals surface area contributed by atoms with Gasteiger partial charge in [0, 0.05) is 15.4 Å². The number of anilines is 2.